The molecule has 2 N–H and O–H groups in total. The van der Waals surface area contributed by atoms with Gasteiger partial charge in [-0.2, -0.15) is 0 Å². The average Bonchev–Trinajstić information content (AvgIpc) is 2.68. The van der Waals surface area contributed by atoms with Crippen LogP contribution in [0.2, 0.25) is 5.02 Å². The molecule has 2 aromatic rings. The minimum atomic E-state index is 0.0387. The summed E-state index contributed by atoms with van der Waals surface area (Å²) in [6.45, 7) is 3.62. The van der Waals surface area contributed by atoms with Crippen LogP contribution in [0.3, 0.4) is 0 Å². The first-order valence-corrected chi connectivity index (χ1v) is 9.16. The number of nitrogens with two attached hydrogens (primary N) is 1. The molecular formula is C20H23ClN2O3. The third-order valence-corrected chi connectivity index (χ3v) is 4.47. The van der Waals surface area contributed by atoms with Gasteiger partial charge >= 0.3 is 0 Å². The molecule has 0 aliphatic carbocycles. The monoisotopic (exact) mass is 374 g/mol. The fraction of sp³-hybridized carbons (Fsp3) is 0.350. The Labute approximate surface area is 158 Å². The van der Waals surface area contributed by atoms with E-state index in [4.69, 9.17) is 26.8 Å². The van der Waals surface area contributed by atoms with Gasteiger partial charge in [0.25, 0.3) is 5.91 Å². The van der Waals surface area contributed by atoms with E-state index >= 15 is 0 Å². The van der Waals surface area contributed by atoms with Crippen molar-refractivity contribution in [2.24, 2.45) is 5.73 Å². The molecule has 26 heavy (non-hydrogen) atoms. The first kappa shape index (κ1) is 18.7. The molecule has 0 aromatic heterocycles. The second-order valence-electron chi connectivity index (χ2n) is 6.15. The molecule has 0 saturated carbocycles. The maximum absolute atomic E-state index is 12.5. The quantitative estimate of drug-likeness (QED) is 0.788. The number of carbonyl (C=O) groups is 1. The fourth-order valence-electron chi connectivity index (χ4n) is 2.84. The Hall–Kier alpha value is -2.08. The van der Waals surface area contributed by atoms with E-state index in [0.717, 1.165) is 23.3 Å². The maximum atomic E-state index is 12.5. The molecule has 138 valence electrons. The topological polar surface area (TPSA) is 64.8 Å². The molecule has 0 radical (unpaired) electrons. The number of amides is 1. The van der Waals surface area contributed by atoms with Crippen LogP contribution in [0.1, 0.15) is 16.8 Å². The number of nitrogens with zero attached hydrogens (tertiary/aromatic N) is 1. The SMILES string of the molecule is NCCCOc1cc(Cl)cc(-c2ccc(C(=O)N3CCOCC3)cc2)c1. The minimum Gasteiger partial charge on any atom is -0.493 e. The van der Waals surface area contributed by atoms with E-state index in [-0.39, 0.29) is 5.91 Å². The van der Waals surface area contributed by atoms with Crippen molar-refractivity contribution in [3.8, 4) is 16.9 Å². The number of carbonyl (C=O) groups excluding carboxylic acids is 1. The molecule has 1 aliphatic rings. The second-order valence-corrected chi connectivity index (χ2v) is 6.58. The van der Waals surface area contributed by atoms with Crippen LogP contribution in [0, 0.1) is 0 Å². The number of hydrogen-bond acceptors (Lipinski definition) is 4. The van der Waals surface area contributed by atoms with E-state index in [9.17, 15) is 4.79 Å². The highest BCUT2D eigenvalue weighted by molar-refractivity contribution is 6.31. The lowest BCUT2D eigenvalue weighted by Crippen LogP contribution is -2.40. The van der Waals surface area contributed by atoms with Crippen LogP contribution in [0.15, 0.2) is 42.5 Å². The highest BCUT2D eigenvalue weighted by Crippen LogP contribution is 2.29. The van der Waals surface area contributed by atoms with Gasteiger partial charge in [-0.15, -0.1) is 0 Å². The van der Waals surface area contributed by atoms with E-state index in [1.807, 2.05) is 41.3 Å². The van der Waals surface area contributed by atoms with Gasteiger partial charge in [-0.3, -0.25) is 4.79 Å². The Bertz CT molecular complexity index is 743. The van der Waals surface area contributed by atoms with Crippen molar-refractivity contribution < 1.29 is 14.3 Å². The van der Waals surface area contributed by atoms with Crippen LogP contribution in [0.5, 0.6) is 5.75 Å². The zero-order valence-corrected chi connectivity index (χ0v) is 15.4. The standard InChI is InChI=1S/C20H23ClN2O3/c21-18-12-17(13-19(14-18)26-9-1-6-22)15-2-4-16(5-3-15)20(24)23-7-10-25-11-8-23/h2-5,12-14H,1,6-11,22H2. The summed E-state index contributed by atoms with van der Waals surface area (Å²) >= 11 is 6.22. The zero-order chi connectivity index (χ0) is 18.4. The summed E-state index contributed by atoms with van der Waals surface area (Å²) < 4.78 is 11.0. The van der Waals surface area contributed by atoms with Gasteiger partial charge in [-0.1, -0.05) is 23.7 Å². The van der Waals surface area contributed by atoms with Crippen molar-refractivity contribution in [1.82, 2.24) is 4.90 Å². The van der Waals surface area contributed by atoms with E-state index in [1.165, 1.54) is 0 Å². The van der Waals surface area contributed by atoms with Gasteiger partial charge in [-0.25, -0.2) is 0 Å². The molecule has 1 fully saturated rings. The largest absolute Gasteiger partial charge is 0.493 e. The molecule has 6 heteroatoms. The minimum absolute atomic E-state index is 0.0387. The molecule has 1 heterocycles. The molecule has 0 spiro atoms. The molecule has 3 rings (SSSR count). The van der Waals surface area contributed by atoms with Crippen molar-refractivity contribution in [2.75, 3.05) is 39.5 Å². The Morgan fingerprint density at radius 2 is 1.85 bits per heavy atom. The summed E-state index contributed by atoms with van der Waals surface area (Å²) in [5, 5.41) is 0.610. The number of halogens is 1. The summed E-state index contributed by atoms with van der Waals surface area (Å²) in [4.78, 5) is 14.3. The molecule has 1 amide bonds. The third kappa shape index (κ3) is 4.75. The normalized spacial score (nSPS) is 14.3. The smallest absolute Gasteiger partial charge is 0.254 e. The highest BCUT2D eigenvalue weighted by Gasteiger charge is 2.18. The van der Waals surface area contributed by atoms with Crippen molar-refractivity contribution in [3.63, 3.8) is 0 Å². The Morgan fingerprint density at radius 1 is 1.12 bits per heavy atom. The molecule has 0 bridgehead atoms. The number of benzene rings is 2. The number of rotatable bonds is 6. The summed E-state index contributed by atoms with van der Waals surface area (Å²) in [5.41, 5.74) is 8.10. The molecule has 5 nitrogen and oxygen atoms in total. The number of hydrogen-bond donors (Lipinski definition) is 1. The molecule has 2 aromatic carbocycles. The van der Waals surface area contributed by atoms with Gasteiger partial charge in [0.2, 0.25) is 0 Å². The summed E-state index contributed by atoms with van der Waals surface area (Å²) in [5.74, 6) is 0.756. The van der Waals surface area contributed by atoms with Crippen molar-refractivity contribution in [3.05, 3.63) is 53.1 Å². The average molecular weight is 375 g/mol. The van der Waals surface area contributed by atoms with Gasteiger partial charge in [0.05, 0.1) is 19.8 Å². The van der Waals surface area contributed by atoms with Gasteiger partial charge in [0.15, 0.2) is 0 Å². The first-order chi connectivity index (χ1) is 12.7. The highest BCUT2D eigenvalue weighted by atomic mass is 35.5. The van der Waals surface area contributed by atoms with Crippen LogP contribution < -0.4 is 10.5 Å². The lowest BCUT2D eigenvalue weighted by Gasteiger charge is -2.26. The van der Waals surface area contributed by atoms with Gasteiger partial charge < -0.3 is 20.1 Å². The van der Waals surface area contributed by atoms with Crippen molar-refractivity contribution >= 4 is 17.5 Å². The number of ether oxygens (including phenoxy) is 2. The third-order valence-electron chi connectivity index (χ3n) is 4.25. The Kier molecular flexibility index (Phi) is 6.50. The van der Waals surface area contributed by atoms with E-state index in [2.05, 4.69) is 0 Å². The summed E-state index contributed by atoms with van der Waals surface area (Å²) in [6, 6.07) is 13.2. The Morgan fingerprint density at radius 3 is 2.54 bits per heavy atom. The van der Waals surface area contributed by atoms with Crippen LogP contribution >= 0.6 is 11.6 Å². The van der Waals surface area contributed by atoms with Gasteiger partial charge in [0, 0.05) is 23.7 Å². The zero-order valence-electron chi connectivity index (χ0n) is 14.6. The van der Waals surface area contributed by atoms with E-state index < -0.39 is 0 Å². The van der Waals surface area contributed by atoms with Crippen LogP contribution in [0.25, 0.3) is 11.1 Å². The fourth-order valence-corrected chi connectivity index (χ4v) is 3.07. The second kappa shape index (κ2) is 9.03. The van der Waals surface area contributed by atoms with Crippen LogP contribution in [0.4, 0.5) is 0 Å². The molecule has 1 saturated heterocycles. The predicted molar refractivity (Wildman–Crippen MR) is 103 cm³/mol. The molecule has 0 unspecified atom stereocenters. The van der Waals surface area contributed by atoms with Gasteiger partial charge in [-0.05, 0) is 54.4 Å². The first-order valence-electron chi connectivity index (χ1n) is 8.78. The van der Waals surface area contributed by atoms with Gasteiger partial charge in [0.1, 0.15) is 5.75 Å². The predicted octanol–water partition coefficient (Wildman–Crippen LogP) is 3.21. The maximum Gasteiger partial charge on any atom is 0.254 e. The Balaban J connectivity index is 1.74. The number of morpholine rings is 1. The van der Waals surface area contributed by atoms with E-state index in [0.29, 0.717) is 50.0 Å². The van der Waals surface area contributed by atoms with E-state index in [1.54, 1.807) is 6.07 Å². The lowest BCUT2D eigenvalue weighted by molar-refractivity contribution is 0.0303. The van der Waals surface area contributed by atoms with Crippen molar-refractivity contribution in [1.29, 1.82) is 0 Å². The van der Waals surface area contributed by atoms with Crippen molar-refractivity contribution in [2.45, 2.75) is 6.42 Å². The summed E-state index contributed by atoms with van der Waals surface area (Å²) in [7, 11) is 0. The lowest BCUT2D eigenvalue weighted by atomic mass is 10.0. The van der Waals surface area contributed by atoms with Crippen LogP contribution in [-0.4, -0.2) is 50.3 Å². The molecule has 0 atom stereocenters. The molecular weight excluding hydrogens is 352 g/mol. The summed E-state index contributed by atoms with van der Waals surface area (Å²) in [6.07, 6.45) is 0.792. The van der Waals surface area contributed by atoms with Crippen LogP contribution in [-0.2, 0) is 4.74 Å². The molecule has 1 aliphatic heterocycles.